The minimum atomic E-state index is -0.733. The maximum atomic E-state index is 12.7. The van der Waals surface area contributed by atoms with Gasteiger partial charge < -0.3 is 20.1 Å². The highest BCUT2D eigenvalue weighted by Gasteiger charge is 2.39. The predicted octanol–water partition coefficient (Wildman–Crippen LogP) is 1.69. The molecule has 2 N–H and O–H groups in total. The highest BCUT2D eigenvalue weighted by atomic mass is 35.5. The fraction of sp³-hybridized carbons (Fsp3) is 0.611. The molecule has 2 aliphatic heterocycles. The number of benzene rings is 1. The van der Waals surface area contributed by atoms with Gasteiger partial charge in [-0.1, -0.05) is 18.2 Å². The molecule has 0 saturated carbocycles. The van der Waals surface area contributed by atoms with E-state index >= 15 is 0 Å². The molecule has 8 heteroatoms. The van der Waals surface area contributed by atoms with Gasteiger partial charge >= 0.3 is 0 Å². The molecular formula is C18H29Cl2N3O3. The fourth-order valence-corrected chi connectivity index (χ4v) is 3.45. The van der Waals surface area contributed by atoms with E-state index in [1.54, 1.807) is 7.11 Å². The van der Waals surface area contributed by atoms with Crippen molar-refractivity contribution in [2.45, 2.75) is 24.9 Å². The Bertz CT molecular complexity index is 575. The number of hydrogen-bond acceptors (Lipinski definition) is 5. The molecule has 3 rings (SSSR count). The summed E-state index contributed by atoms with van der Waals surface area (Å²) in [6.45, 7) is 5.17. The molecule has 0 bridgehead atoms. The van der Waals surface area contributed by atoms with E-state index in [2.05, 4.69) is 11.0 Å². The Morgan fingerprint density at radius 3 is 2.38 bits per heavy atom. The lowest BCUT2D eigenvalue weighted by molar-refractivity contribution is -0.142. The van der Waals surface area contributed by atoms with Crippen molar-refractivity contribution in [3.05, 3.63) is 29.8 Å². The summed E-state index contributed by atoms with van der Waals surface area (Å²) in [5.74, 6) is 1.00. The molecule has 0 spiro atoms. The zero-order valence-corrected chi connectivity index (χ0v) is 16.8. The van der Waals surface area contributed by atoms with Crippen LogP contribution in [0, 0.1) is 0 Å². The van der Waals surface area contributed by atoms with Crippen LogP contribution >= 0.6 is 24.8 Å². The molecule has 0 radical (unpaired) electrons. The SMILES string of the molecule is COc1ccccc1CN1CCN(C(=O)C2(N)CCOCC2)CC1.Cl.Cl. The monoisotopic (exact) mass is 405 g/mol. The van der Waals surface area contributed by atoms with Gasteiger partial charge in [-0.25, -0.2) is 0 Å². The van der Waals surface area contributed by atoms with Crippen molar-refractivity contribution in [2.75, 3.05) is 46.5 Å². The molecule has 0 unspecified atom stereocenters. The molecule has 26 heavy (non-hydrogen) atoms. The van der Waals surface area contributed by atoms with Crippen molar-refractivity contribution >= 4 is 30.7 Å². The first kappa shape index (κ1) is 23.0. The van der Waals surface area contributed by atoms with Crippen molar-refractivity contribution in [3.8, 4) is 5.75 Å². The Labute approximate surface area is 167 Å². The molecule has 0 atom stereocenters. The first-order valence-corrected chi connectivity index (χ1v) is 8.63. The molecule has 1 amide bonds. The van der Waals surface area contributed by atoms with Gasteiger partial charge in [-0.3, -0.25) is 9.69 Å². The third kappa shape index (κ3) is 5.24. The number of nitrogens with zero attached hydrogens (tertiary/aromatic N) is 2. The molecule has 1 aromatic carbocycles. The van der Waals surface area contributed by atoms with Crippen LogP contribution in [0.3, 0.4) is 0 Å². The van der Waals surface area contributed by atoms with Gasteiger partial charge in [-0.15, -0.1) is 24.8 Å². The highest BCUT2D eigenvalue weighted by molar-refractivity contribution is 5.86. The molecule has 6 nitrogen and oxygen atoms in total. The smallest absolute Gasteiger partial charge is 0.242 e. The van der Waals surface area contributed by atoms with E-state index in [0.29, 0.717) is 26.1 Å². The van der Waals surface area contributed by atoms with E-state index in [-0.39, 0.29) is 30.7 Å². The summed E-state index contributed by atoms with van der Waals surface area (Å²) in [5.41, 5.74) is 6.78. The van der Waals surface area contributed by atoms with E-state index in [1.165, 1.54) is 5.56 Å². The average molecular weight is 406 g/mol. The van der Waals surface area contributed by atoms with Gasteiger partial charge in [-0.05, 0) is 18.9 Å². The molecule has 148 valence electrons. The predicted molar refractivity (Wildman–Crippen MR) is 106 cm³/mol. The molecule has 2 aliphatic rings. The molecule has 2 saturated heterocycles. The summed E-state index contributed by atoms with van der Waals surface area (Å²) in [4.78, 5) is 17.0. The Morgan fingerprint density at radius 1 is 1.15 bits per heavy atom. The first-order valence-electron chi connectivity index (χ1n) is 8.63. The number of para-hydroxylation sites is 1. The number of hydrogen-bond donors (Lipinski definition) is 1. The van der Waals surface area contributed by atoms with Crippen molar-refractivity contribution in [2.24, 2.45) is 5.73 Å². The maximum absolute atomic E-state index is 12.7. The Kier molecular flexibility index (Phi) is 9.13. The van der Waals surface area contributed by atoms with Gasteiger partial charge in [0, 0.05) is 51.5 Å². The zero-order chi connectivity index (χ0) is 17.0. The molecule has 2 fully saturated rings. The van der Waals surface area contributed by atoms with Crippen molar-refractivity contribution in [3.63, 3.8) is 0 Å². The fourth-order valence-electron chi connectivity index (χ4n) is 3.45. The second kappa shape index (κ2) is 10.3. The van der Waals surface area contributed by atoms with Crippen LogP contribution in [0.2, 0.25) is 0 Å². The Balaban J connectivity index is 0.00000169. The lowest BCUT2D eigenvalue weighted by atomic mass is 9.89. The number of rotatable bonds is 4. The van der Waals surface area contributed by atoms with Gasteiger partial charge in [-0.2, -0.15) is 0 Å². The lowest BCUT2D eigenvalue weighted by Gasteiger charge is -2.41. The topological polar surface area (TPSA) is 68.0 Å². The molecular weight excluding hydrogens is 377 g/mol. The van der Waals surface area contributed by atoms with Crippen LogP contribution < -0.4 is 10.5 Å². The molecule has 0 aliphatic carbocycles. The normalized spacial score (nSPS) is 19.8. The van der Waals surface area contributed by atoms with Crippen LogP contribution in [0.1, 0.15) is 18.4 Å². The summed E-state index contributed by atoms with van der Waals surface area (Å²) >= 11 is 0. The van der Waals surface area contributed by atoms with Crippen LogP contribution in [-0.4, -0.2) is 67.7 Å². The third-order valence-corrected chi connectivity index (χ3v) is 5.06. The summed E-state index contributed by atoms with van der Waals surface area (Å²) in [6, 6.07) is 8.08. The maximum Gasteiger partial charge on any atom is 0.242 e. The van der Waals surface area contributed by atoms with Crippen molar-refractivity contribution in [1.29, 1.82) is 0 Å². The Morgan fingerprint density at radius 2 is 1.77 bits per heavy atom. The van der Waals surface area contributed by atoms with E-state index in [1.807, 2.05) is 23.1 Å². The van der Waals surface area contributed by atoms with Crippen LogP contribution in [0.15, 0.2) is 24.3 Å². The number of amides is 1. The van der Waals surface area contributed by atoms with E-state index in [9.17, 15) is 4.79 Å². The van der Waals surface area contributed by atoms with Gasteiger partial charge in [0.25, 0.3) is 0 Å². The largest absolute Gasteiger partial charge is 0.496 e. The minimum absolute atomic E-state index is 0. The third-order valence-electron chi connectivity index (χ3n) is 5.06. The van der Waals surface area contributed by atoms with Crippen LogP contribution in [0.4, 0.5) is 0 Å². The standard InChI is InChI=1S/C18H27N3O3.2ClH/c1-23-16-5-3-2-4-15(16)14-20-8-10-21(11-9-20)17(22)18(19)6-12-24-13-7-18;;/h2-5H,6-14,19H2,1H3;2*1H. The number of carbonyl (C=O) groups excluding carboxylic acids is 1. The van der Waals surface area contributed by atoms with E-state index in [4.69, 9.17) is 15.2 Å². The molecule has 2 heterocycles. The van der Waals surface area contributed by atoms with E-state index < -0.39 is 5.54 Å². The Hall–Kier alpha value is -1.05. The number of carbonyl (C=O) groups is 1. The number of halogens is 2. The van der Waals surface area contributed by atoms with Crippen LogP contribution in [0.25, 0.3) is 0 Å². The molecule has 1 aromatic rings. The van der Waals surface area contributed by atoms with Gasteiger partial charge in [0.2, 0.25) is 5.91 Å². The quantitative estimate of drug-likeness (QED) is 0.825. The average Bonchev–Trinajstić information content (AvgIpc) is 2.63. The van der Waals surface area contributed by atoms with Crippen molar-refractivity contribution in [1.82, 2.24) is 9.80 Å². The summed E-state index contributed by atoms with van der Waals surface area (Å²) in [5, 5.41) is 0. The molecule has 0 aromatic heterocycles. The number of methoxy groups -OCH3 is 1. The van der Waals surface area contributed by atoms with E-state index in [0.717, 1.165) is 38.5 Å². The zero-order valence-electron chi connectivity index (χ0n) is 15.2. The second-order valence-electron chi connectivity index (χ2n) is 6.65. The van der Waals surface area contributed by atoms with Crippen molar-refractivity contribution < 1.29 is 14.3 Å². The lowest BCUT2D eigenvalue weighted by Crippen LogP contribution is -2.61. The highest BCUT2D eigenvalue weighted by Crippen LogP contribution is 2.23. The first-order chi connectivity index (χ1) is 11.6. The summed E-state index contributed by atoms with van der Waals surface area (Å²) in [6.07, 6.45) is 1.24. The second-order valence-corrected chi connectivity index (χ2v) is 6.65. The van der Waals surface area contributed by atoms with Gasteiger partial charge in [0.1, 0.15) is 5.75 Å². The van der Waals surface area contributed by atoms with Gasteiger partial charge in [0.15, 0.2) is 0 Å². The van der Waals surface area contributed by atoms with Gasteiger partial charge in [0.05, 0.1) is 12.6 Å². The van der Waals surface area contributed by atoms with Crippen LogP contribution in [0.5, 0.6) is 5.75 Å². The van der Waals surface area contributed by atoms with Crippen LogP contribution in [-0.2, 0) is 16.1 Å². The number of ether oxygens (including phenoxy) is 2. The summed E-state index contributed by atoms with van der Waals surface area (Å²) < 4.78 is 10.8. The minimum Gasteiger partial charge on any atom is -0.496 e. The number of piperazine rings is 1. The summed E-state index contributed by atoms with van der Waals surface area (Å²) in [7, 11) is 1.70. The number of nitrogens with two attached hydrogens (primary N) is 1.